The first-order chi connectivity index (χ1) is 23.7. The summed E-state index contributed by atoms with van der Waals surface area (Å²) in [4.78, 5) is 53.4. The Morgan fingerprint density at radius 1 is 1.06 bits per heavy atom. The number of likely N-dealkylation sites (tertiary alicyclic amines) is 1. The minimum absolute atomic E-state index is 0.0773. The molecule has 2 saturated heterocycles. The molecule has 2 amide bonds. The largest absolute Gasteiger partial charge is 0.444 e. The van der Waals surface area contributed by atoms with Crippen molar-refractivity contribution in [1.29, 1.82) is 0 Å². The summed E-state index contributed by atoms with van der Waals surface area (Å²) >= 11 is 1.21. The number of hydrogen-bond donors (Lipinski definition) is 3. The molecule has 1 unspecified atom stereocenters. The molecule has 0 saturated carbocycles. The molecule has 2 fully saturated rings. The third kappa shape index (κ3) is 12.6. The van der Waals surface area contributed by atoms with Crippen molar-refractivity contribution in [3.05, 3.63) is 46.4 Å². The Hall–Kier alpha value is -3.60. The second-order valence-electron chi connectivity index (χ2n) is 14.0. The monoisotopic (exact) mass is 732 g/mol. The van der Waals surface area contributed by atoms with Gasteiger partial charge in [0, 0.05) is 57.4 Å². The van der Waals surface area contributed by atoms with Gasteiger partial charge < -0.3 is 25.6 Å². The first-order valence-electron chi connectivity index (χ1n) is 17.2. The maximum atomic E-state index is 13.2. The van der Waals surface area contributed by atoms with E-state index in [1.54, 1.807) is 23.7 Å². The molecule has 2 aromatic rings. The number of nitrogens with one attached hydrogen (secondary N) is 2. The lowest BCUT2D eigenvalue weighted by Gasteiger charge is -2.37. The van der Waals surface area contributed by atoms with Gasteiger partial charge in [-0.05, 0) is 84.4 Å². The lowest BCUT2D eigenvalue weighted by atomic mass is 9.93. The maximum absolute atomic E-state index is 13.2. The highest BCUT2D eigenvalue weighted by molar-refractivity contribution is 7.90. The molecule has 0 aliphatic carbocycles. The highest BCUT2D eigenvalue weighted by Crippen LogP contribution is 2.23. The van der Waals surface area contributed by atoms with Gasteiger partial charge in [0.25, 0.3) is 10.0 Å². The predicted molar refractivity (Wildman–Crippen MR) is 194 cm³/mol. The van der Waals surface area contributed by atoms with Crippen LogP contribution in [0.5, 0.6) is 0 Å². The van der Waals surface area contributed by atoms with E-state index in [1.807, 2.05) is 32.6 Å². The Kier molecular flexibility index (Phi) is 14.2. The maximum Gasteiger partial charge on any atom is 0.410 e. The number of aryl methyl sites for hydroxylation is 1. The number of guanidine groups is 1. The number of ketones is 1. The number of carbonyl (C=O) groups excluding carboxylic acids is 3. The van der Waals surface area contributed by atoms with Crippen LogP contribution in [0.2, 0.25) is 0 Å². The first kappa shape index (κ1) is 39.2. The van der Waals surface area contributed by atoms with Gasteiger partial charge in [0.15, 0.2) is 5.01 Å². The molecule has 14 nitrogen and oxygen atoms in total. The number of piperidine rings is 1. The van der Waals surface area contributed by atoms with E-state index in [0.29, 0.717) is 17.3 Å². The number of hydrogen-bond acceptors (Lipinski definition) is 11. The summed E-state index contributed by atoms with van der Waals surface area (Å²) in [5.41, 5.74) is 6.30. The third-order valence-electron chi connectivity index (χ3n) is 8.75. The van der Waals surface area contributed by atoms with Crippen molar-refractivity contribution >= 4 is 45.1 Å². The summed E-state index contributed by atoms with van der Waals surface area (Å²) in [5, 5.41) is 4.93. The minimum atomic E-state index is -3.87. The summed E-state index contributed by atoms with van der Waals surface area (Å²) in [5.74, 6) is -0.180. The number of piperazine rings is 1. The van der Waals surface area contributed by atoms with Crippen LogP contribution in [0.25, 0.3) is 0 Å². The molecular weight excluding hydrogens is 681 g/mol. The van der Waals surface area contributed by atoms with E-state index < -0.39 is 21.7 Å². The van der Waals surface area contributed by atoms with Crippen molar-refractivity contribution in [1.82, 2.24) is 29.7 Å². The van der Waals surface area contributed by atoms with Gasteiger partial charge in [0.1, 0.15) is 5.60 Å². The highest BCUT2D eigenvalue weighted by Gasteiger charge is 2.29. The van der Waals surface area contributed by atoms with E-state index >= 15 is 0 Å². The van der Waals surface area contributed by atoms with Crippen LogP contribution >= 0.6 is 11.3 Å². The molecule has 0 bridgehead atoms. The quantitative estimate of drug-likeness (QED) is 0.113. The number of nitrogens with zero attached hydrogens (tertiary/aromatic N) is 5. The number of sulfonamides is 1. The highest BCUT2D eigenvalue weighted by atomic mass is 32.2. The summed E-state index contributed by atoms with van der Waals surface area (Å²) < 4.78 is 33.0. The smallest absolute Gasteiger partial charge is 0.410 e. The lowest BCUT2D eigenvalue weighted by molar-refractivity contribution is -0.123. The molecule has 4 N–H and O–H groups in total. The molecule has 1 atom stereocenters. The number of carbonyl (C=O) groups is 3. The van der Waals surface area contributed by atoms with Gasteiger partial charge in [0.05, 0.1) is 17.5 Å². The fourth-order valence-corrected chi connectivity index (χ4v) is 7.50. The van der Waals surface area contributed by atoms with Crippen LogP contribution in [0, 0.1) is 12.8 Å². The normalized spacial score (nSPS) is 17.7. The van der Waals surface area contributed by atoms with Crippen LogP contribution in [0.3, 0.4) is 0 Å². The van der Waals surface area contributed by atoms with E-state index in [0.717, 1.165) is 70.6 Å². The SMILES string of the molecule is Cc1ccc(S(=O)(=O)NC(N)=NCCCC(NC(=O)CN2CCN(CCC3CCN(C(=O)OC(C)(C)C)CC3)CC2)C(=O)c2nccs2)cc1. The van der Waals surface area contributed by atoms with Crippen LogP contribution in [0.4, 0.5) is 4.79 Å². The first-order valence-corrected chi connectivity index (χ1v) is 19.6. The zero-order chi connectivity index (χ0) is 36.3. The Balaban J connectivity index is 1.18. The number of rotatable bonds is 14. The molecular formula is C34H52N8O6S2. The summed E-state index contributed by atoms with van der Waals surface area (Å²) in [6, 6.07) is 5.58. The molecule has 2 aliphatic rings. The van der Waals surface area contributed by atoms with Gasteiger partial charge in [0.2, 0.25) is 17.6 Å². The zero-order valence-corrected chi connectivity index (χ0v) is 31.2. The number of Topliss-reactive ketones (excluding diaryl/α,β-unsaturated/α-hetero) is 1. The number of nitrogens with two attached hydrogens (primary N) is 1. The summed E-state index contributed by atoms with van der Waals surface area (Å²) in [7, 11) is -3.87. The van der Waals surface area contributed by atoms with Gasteiger partial charge in [-0.2, -0.15) is 0 Å². The van der Waals surface area contributed by atoms with Crippen molar-refractivity contribution in [2.75, 3.05) is 58.9 Å². The van der Waals surface area contributed by atoms with Crippen molar-refractivity contribution < 1.29 is 27.5 Å². The van der Waals surface area contributed by atoms with E-state index in [1.165, 1.54) is 23.5 Å². The van der Waals surface area contributed by atoms with Gasteiger partial charge in [-0.1, -0.05) is 17.7 Å². The Labute approximate surface area is 299 Å². The number of aromatic nitrogens is 1. The predicted octanol–water partition coefficient (Wildman–Crippen LogP) is 2.85. The second kappa shape index (κ2) is 18.1. The van der Waals surface area contributed by atoms with Crippen molar-refractivity contribution in [2.45, 2.75) is 76.3 Å². The van der Waals surface area contributed by atoms with Gasteiger partial charge in [-0.25, -0.2) is 22.9 Å². The molecule has 0 radical (unpaired) electrons. The fraction of sp³-hybridized carbons (Fsp3) is 0.618. The lowest BCUT2D eigenvalue weighted by Crippen LogP contribution is -2.51. The van der Waals surface area contributed by atoms with Crippen LogP contribution in [0.15, 0.2) is 45.7 Å². The van der Waals surface area contributed by atoms with Crippen molar-refractivity contribution in [2.24, 2.45) is 16.6 Å². The van der Waals surface area contributed by atoms with Crippen LogP contribution in [-0.2, 0) is 19.6 Å². The van der Waals surface area contributed by atoms with Gasteiger partial charge in [-0.3, -0.25) is 19.5 Å². The molecule has 276 valence electrons. The van der Waals surface area contributed by atoms with E-state index in [-0.39, 0.29) is 48.1 Å². The minimum Gasteiger partial charge on any atom is -0.444 e. The Bertz CT molecular complexity index is 1540. The average molecular weight is 733 g/mol. The Morgan fingerprint density at radius 3 is 2.34 bits per heavy atom. The summed E-state index contributed by atoms with van der Waals surface area (Å²) in [6.45, 7) is 13.5. The molecule has 1 aromatic heterocycles. The second-order valence-corrected chi connectivity index (χ2v) is 16.5. The van der Waals surface area contributed by atoms with Crippen LogP contribution in [0.1, 0.15) is 68.2 Å². The number of aliphatic imine (C=N–C) groups is 1. The third-order valence-corrected chi connectivity index (χ3v) is 10.9. The fourth-order valence-electron chi connectivity index (χ4n) is 5.91. The number of benzene rings is 1. The van der Waals surface area contributed by atoms with Crippen LogP contribution in [-0.4, -0.2) is 122 Å². The summed E-state index contributed by atoms with van der Waals surface area (Å²) in [6.07, 6.45) is 5.03. The molecule has 2 aliphatic heterocycles. The number of thiazole rings is 1. The average Bonchev–Trinajstić information content (AvgIpc) is 3.60. The van der Waals surface area contributed by atoms with Gasteiger partial charge >= 0.3 is 6.09 Å². The Morgan fingerprint density at radius 2 is 1.72 bits per heavy atom. The van der Waals surface area contributed by atoms with Gasteiger partial charge in [-0.15, -0.1) is 11.3 Å². The molecule has 1 aromatic carbocycles. The topological polar surface area (TPSA) is 180 Å². The van der Waals surface area contributed by atoms with Crippen molar-refractivity contribution in [3.8, 4) is 0 Å². The zero-order valence-electron chi connectivity index (χ0n) is 29.6. The van der Waals surface area contributed by atoms with E-state index in [4.69, 9.17) is 10.5 Å². The molecule has 0 spiro atoms. The number of amides is 2. The molecule has 50 heavy (non-hydrogen) atoms. The van der Waals surface area contributed by atoms with Crippen LogP contribution < -0.4 is 15.8 Å². The van der Waals surface area contributed by atoms with E-state index in [9.17, 15) is 22.8 Å². The molecule has 16 heteroatoms. The molecule has 3 heterocycles. The molecule has 4 rings (SSSR count). The van der Waals surface area contributed by atoms with Crippen molar-refractivity contribution in [3.63, 3.8) is 0 Å². The standard InChI is InChI=1S/C34H52N8O6S2/c1-25-7-9-27(10-8-25)50(46,47)39-32(35)37-14-5-6-28(30(44)31-36-15-23-49-31)38-29(43)24-41-21-19-40(20-22-41)16-11-26-12-17-42(18-13-26)33(45)48-34(2,3)4/h7-10,15,23,26,28H,5-6,11-14,16-22,24H2,1-4H3,(H,38,43)(H3,35,37,39). The number of ether oxygens (including phenoxy) is 1. The van der Waals surface area contributed by atoms with E-state index in [2.05, 4.69) is 29.8 Å².